The molecule has 1 amide bonds. The van der Waals surface area contributed by atoms with Crippen LogP contribution in [-0.2, 0) is 4.79 Å². The van der Waals surface area contributed by atoms with Crippen molar-refractivity contribution in [3.63, 3.8) is 0 Å². The molecule has 18 heavy (non-hydrogen) atoms. The number of nitrogens with zero attached hydrogens (tertiary/aromatic N) is 2. The molecule has 0 bridgehead atoms. The molecule has 0 aliphatic carbocycles. The summed E-state index contributed by atoms with van der Waals surface area (Å²) >= 11 is 3.43. The molecule has 1 saturated heterocycles. The predicted molar refractivity (Wildman–Crippen MR) is 72.1 cm³/mol. The number of nitrogens with one attached hydrogen (secondary N) is 1. The first-order chi connectivity index (χ1) is 8.63. The van der Waals surface area contributed by atoms with E-state index in [0.29, 0.717) is 18.7 Å². The van der Waals surface area contributed by atoms with Gasteiger partial charge in [-0.1, -0.05) is 0 Å². The van der Waals surface area contributed by atoms with Gasteiger partial charge in [-0.3, -0.25) is 4.79 Å². The van der Waals surface area contributed by atoms with Gasteiger partial charge in [-0.2, -0.15) is 5.26 Å². The van der Waals surface area contributed by atoms with Crippen molar-refractivity contribution in [1.82, 2.24) is 5.32 Å². The third-order valence-corrected chi connectivity index (χ3v) is 3.59. The van der Waals surface area contributed by atoms with Crippen LogP contribution in [0.4, 0.5) is 5.69 Å². The summed E-state index contributed by atoms with van der Waals surface area (Å²) in [6, 6.07) is 7.04. The maximum Gasteiger partial charge on any atom is 0.241 e. The number of benzene rings is 1. The van der Waals surface area contributed by atoms with Gasteiger partial charge in [0.15, 0.2) is 0 Å². The molecular formula is C12H13BrN4O. The number of carbonyl (C=O) groups is 1. The predicted octanol–water partition coefficient (Wildman–Crippen LogP) is 0.584. The van der Waals surface area contributed by atoms with Crippen LogP contribution in [0.1, 0.15) is 5.56 Å². The number of carbonyl (C=O) groups excluding carboxylic acids is 1. The van der Waals surface area contributed by atoms with Crippen LogP contribution in [0.25, 0.3) is 0 Å². The third-order valence-electron chi connectivity index (χ3n) is 2.96. The first kappa shape index (κ1) is 12.9. The van der Waals surface area contributed by atoms with Crippen molar-refractivity contribution < 1.29 is 4.79 Å². The second kappa shape index (κ2) is 5.38. The van der Waals surface area contributed by atoms with Gasteiger partial charge >= 0.3 is 0 Å². The van der Waals surface area contributed by atoms with Crippen molar-refractivity contribution >= 4 is 27.5 Å². The SMILES string of the molecule is N#Cc1ccc(N2CCNCC2C(N)=O)c(Br)c1. The van der Waals surface area contributed by atoms with Crippen molar-refractivity contribution in [3.05, 3.63) is 28.2 Å². The zero-order valence-corrected chi connectivity index (χ0v) is 11.3. The van der Waals surface area contributed by atoms with Gasteiger partial charge in [-0.05, 0) is 34.1 Å². The number of piperazine rings is 1. The average molecular weight is 309 g/mol. The van der Waals surface area contributed by atoms with Crippen LogP contribution in [0.2, 0.25) is 0 Å². The van der Waals surface area contributed by atoms with E-state index in [1.807, 2.05) is 11.0 Å². The Kier molecular flexibility index (Phi) is 3.84. The maximum atomic E-state index is 11.4. The molecule has 3 N–H and O–H groups in total. The van der Waals surface area contributed by atoms with Gasteiger partial charge < -0.3 is 16.0 Å². The van der Waals surface area contributed by atoms with E-state index >= 15 is 0 Å². The average Bonchev–Trinajstić information content (AvgIpc) is 2.38. The van der Waals surface area contributed by atoms with Gasteiger partial charge in [0, 0.05) is 24.1 Å². The fourth-order valence-corrected chi connectivity index (χ4v) is 2.66. The minimum Gasteiger partial charge on any atom is -0.368 e. The summed E-state index contributed by atoms with van der Waals surface area (Å²) in [6.45, 7) is 2.05. The lowest BCUT2D eigenvalue weighted by Gasteiger charge is -2.36. The van der Waals surface area contributed by atoms with Gasteiger partial charge in [-0.25, -0.2) is 0 Å². The molecule has 0 spiro atoms. The summed E-state index contributed by atoms with van der Waals surface area (Å²) in [7, 11) is 0. The Morgan fingerprint density at radius 1 is 1.61 bits per heavy atom. The molecule has 0 aromatic heterocycles. The van der Waals surface area contributed by atoms with E-state index in [4.69, 9.17) is 11.0 Å². The van der Waals surface area contributed by atoms with Crippen LogP contribution in [0.5, 0.6) is 0 Å². The van der Waals surface area contributed by atoms with Crippen molar-refractivity contribution in [3.8, 4) is 6.07 Å². The van der Waals surface area contributed by atoms with Crippen molar-refractivity contribution in [2.75, 3.05) is 24.5 Å². The largest absolute Gasteiger partial charge is 0.368 e. The molecule has 5 nitrogen and oxygen atoms in total. The second-order valence-corrected chi connectivity index (χ2v) is 4.95. The van der Waals surface area contributed by atoms with Gasteiger partial charge in [0.2, 0.25) is 5.91 Å². The highest BCUT2D eigenvalue weighted by molar-refractivity contribution is 9.10. The third kappa shape index (κ3) is 2.47. The zero-order valence-electron chi connectivity index (χ0n) is 9.69. The van der Waals surface area contributed by atoms with E-state index in [0.717, 1.165) is 16.7 Å². The van der Waals surface area contributed by atoms with Crippen molar-refractivity contribution in [1.29, 1.82) is 5.26 Å². The number of primary amides is 1. The van der Waals surface area contributed by atoms with Crippen LogP contribution >= 0.6 is 15.9 Å². The van der Waals surface area contributed by atoms with E-state index in [9.17, 15) is 4.79 Å². The Bertz CT molecular complexity index is 511. The van der Waals surface area contributed by atoms with E-state index < -0.39 is 0 Å². The van der Waals surface area contributed by atoms with Crippen molar-refractivity contribution in [2.24, 2.45) is 5.73 Å². The topological polar surface area (TPSA) is 82.2 Å². The first-order valence-corrected chi connectivity index (χ1v) is 6.39. The zero-order chi connectivity index (χ0) is 13.1. The smallest absolute Gasteiger partial charge is 0.241 e. The van der Waals surface area contributed by atoms with Crippen molar-refractivity contribution in [2.45, 2.75) is 6.04 Å². The van der Waals surface area contributed by atoms with Crippen LogP contribution in [0.15, 0.2) is 22.7 Å². The minimum absolute atomic E-state index is 0.349. The number of nitrogens with two attached hydrogens (primary N) is 1. The Balaban J connectivity index is 2.34. The molecule has 1 aliphatic heterocycles. The fraction of sp³-hybridized carbons (Fsp3) is 0.333. The number of hydrogen-bond donors (Lipinski definition) is 2. The van der Waals surface area contributed by atoms with Gasteiger partial charge in [0.25, 0.3) is 0 Å². The fourth-order valence-electron chi connectivity index (χ4n) is 2.06. The summed E-state index contributed by atoms with van der Waals surface area (Å²) in [5.74, 6) is -0.349. The number of rotatable bonds is 2. The molecule has 2 rings (SSSR count). The van der Waals surface area contributed by atoms with E-state index in [1.165, 1.54) is 0 Å². The number of hydrogen-bond acceptors (Lipinski definition) is 4. The lowest BCUT2D eigenvalue weighted by Crippen LogP contribution is -2.57. The molecule has 0 radical (unpaired) electrons. The van der Waals surface area contributed by atoms with Crippen LogP contribution < -0.4 is 16.0 Å². The molecule has 6 heteroatoms. The first-order valence-electron chi connectivity index (χ1n) is 5.60. The summed E-state index contributed by atoms with van der Waals surface area (Å²) in [4.78, 5) is 13.4. The molecule has 1 heterocycles. The molecule has 94 valence electrons. The highest BCUT2D eigenvalue weighted by Gasteiger charge is 2.28. The number of anilines is 1. The normalized spacial score (nSPS) is 19.3. The molecule has 1 unspecified atom stereocenters. The number of halogens is 1. The second-order valence-electron chi connectivity index (χ2n) is 4.09. The summed E-state index contributed by atoms with van der Waals surface area (Å²) in [6.07, 6.45) is 0. The summed E-state index contributed by atoms with van der Waals surface area (Å²) in [5, 5.41) is 12.0. The lowest BCUT2D eigenvalue weighted by atomic mass is 10.1. The van der Waals surface area contributed by atoms with E-state index in [1.54, 1.807) is 12.1 Å². The van der Waals surface area contributed by atoms with E-state index in [2.05, 4.69) is 27.3 Å². The van der Waals surface area contributed by atoms with Gasteiger partial charge in [0.05, 0.1) is 17.3 Å². The van der Waals surface area contributed by atoms with Crippen LogP contribution in [0.3, 0.4) is 0 Å². The van der Waals surface area contributed by atoms with E-state index in [-0.39, 0.29) is 11.9 Å². The number of nitriles is 1. The number of amides is 1. The highest BCUT2D eigenvalue weighted by atomic mass is 79.9. The maximum absolute atomic E-state index is 11.4. The molecule has 1 aromatic carbocycles. The Labute approximate surface area is 114 Å². The Morgan fingerprint density at radius 2 is 2.39 bits per heavy atom. The monoisotopic (exact) mass is 308 g/mol. The quantitative estimate of drug-likeness (QED) is 0.837. The molecule has 1 aliphatic rings. The Hall–Kier alpha value is -1.58. The molecule has 0 saturated carbocycles. The highest BCUT2D eigenvalue weighted by Crippen LogP contribution is 2.29. The minimum atomic E-state index is -0.358. The van der Waals surface area contributed by atoms with Crippen LogP contribution in [-0.4, -0.2) is 31.6 Å². The van der Waals surface area contributed by atoms with Gasteiger partial charge in [0.1, 0.15) is 6.04 Å². The molecule has 1 aromatic rings. The molecule has 1 atom stereocenters. The standard InChI is InChI=1S/C12H13BrN4O/c13-9-5-8(6-14)1-2-10(9)17-4-3-16-7-11(17)12(15)18/h1-2,5,11,16H,3-4,7H2,(H2,15,18). The molecule has 1 fully saturated rings. The summed E-state index contributed by atoms with van der Waals surface area (Å²) < 4.78 is 0.801. The molecular weight excluding hydrogens is 296 g/mol. The summed E-state index contributed by atoms with van der Waals surface area (Å²) in [5.41, 5.74) is 6.88. The Morgan fingerprint density at radius 3 is 3.00 bits per heavy atom. The van der Waals surface area contributed by atoms with Gasteiger partial charge in [-0.15, -0.1) is 0 Å². The van der Waals surface area contributed by atoms with Crippen LogP contribution in [0, 0.1) is 11.3 Å². The lowest BCUT2D eigenvalue weighted by molar-refractivity contribution is -0.119.